The molecular formula is C9H8N2. The Morgan fingerprint density at radius 2 is 1.82 bits per heavy atom. The lowest BCUT2D eigenvalue weighted by atomic mass is 10.3. The summed E-state index contributed by atoms with van der Waals surface area (Å²) in [6.45, 7) is 0. The molecule has 1 aliphatic rings. The van der Waals surface area contributed by atoms with Crippen LogP contribution in [-0.2, 0) is 0 Å². The van der Waals surface area contributed by atoms with Gasteiger partial charge in [-0.3, -0.25) is 0 Å². The molecule has 0 saturated carbocycles. The van der Waals surface area contributed by atoms with Crippen molar-refractivity contribution in [1.29, 1.82) is 0 Å². The van der Waals surface area contributed by atoms with Gasteiger partial charge in [-0.2, -0.15) is 0 Å². The third-order valence-electron chi connectivity index (χ3n) is 1.55. The predicted octanol–water partition coefficient (Wildman–Crippen LogP) is 0.0967. The number of rotatable bonds is 0. The number of allylic oxidation sites excluding steroid dienone is 4. The van der Waals surface area contributed by atoms with E-state index < -0.39 is 0 Å². The number of hydrogen-bond donors (Lipinski definition) is 1. The number of hydrogen-bond acceptors (Lipinski definition) is 1. The zero-order chi connectivity index (χ0) is 7.52. The first-order valence-electron chi connectivity index (χ1n) is 3.51. The second-order valence-corrected chi connectivity index (χ2v) is 2.30. The third-order valence-corrected chi connectivity index (χ3v) is 1.55. The fraction of sp³-hybridized carbons (Fsp3) is 0. The van der Waals surface area contributed by atoms with Crippen LogP contribution < -0.4 is 10.7 Å². The second kappa shape index (κ2) is 2.58. The van der Waals surface area contributed by atoms with E-state index in [-0.39, 0.29) is 0 Å². The highest BCUT2D eigenvalue weighted by Crippen LogP contribution is 1.81. The molecule has 0 bridgehead atoms. The summed E-state index contributed by atoms with van der Waals surface area (Å²) in [5, 5.41) is 2.05. The van der Waals surface area contributed by atoms with Gasteiger partial charge in [-0.05, 0) is 12.2 Å². The zero-order valence-electron chi connectivity index (χ0n) is 5.99. The summed E-state index contributed by atoms with van der Waals surface area (Å²) in [5.41, 5.74) is 0. The van der Waals surface area contributed by atoms with E-state index in [1.807, 2.05) is 36.5 Å². The molecule has 0 amide bonds. The van der Waals surface area contributed by atoms with E-state index in [4.69, 9.17) is 0 Å². The summed E-state index contributed by atoms with van der Waals surface area (Å²) >= 11 is 0. The quantitative estimate of drug-likeness (QED) is 0.549. The van der Waals surface area contributed by atoms with Crippen LogP contribution in [0.4, 0.5) is 0 Å². The lowest BCUT2D eigenvalue weighted by molar-refractivity contribution is 1.29. The van der Waals surface area contributed by atoms with Gasteiger partial charge in [0.15, 0.2) is 0 Å². The molecule has 0 atom stereocenters. The molecule has 1 aromatic rings. The van der Waals surface area contributed by atoms with Crippen molar-refractivity contribution in [3.63, 3.8) is 0 Å². The topological polar surface area (TPSA) is 28.7 Å². The first kappa shape index (κ1) is 6.16. The van der Waals surface area contributed by atoms with Gasteiger partial charge in [0.1, 0.15) is 0 Å². The van der Waals surface area contributed by atoms with Gasteiger partial charge in [0.25, 0.3) is 0 Å². The van der Waals surface area contributed by atoms with Gasteiger partial charge < -0.3 is 4.98 Å². The zero-order valence-corrected chi connectivity index (χ0v) is 5.99. The Morgan fingerprint density at radius 1 is 1.00 bits per heavy atom. The average molecular weight is 144 g/mol. The normalized spacial score (nSPS) is 26.2. The third kappa shape index (κ3) is 1.15. The number of aromatic nitrogens is 2. The molecule has 2 heteroatoms. The summed E-state index contributed by atoms with van der Waals surface area (Å²) < 4.78 is 0. The van der Waals surface area contributed by atoms with Crippen molar-refractivity contribution in [3.8, 4) is 0 Å². The Hall–Kier alpha value is -1.57. The molecule has 0 saturated heterocycles. The molecular weight excluding hydrogens is 136 g/mol. The van der Waals surface area contributed by atoms with E-state index >= 15 is 0 Å². The summed E-state index contributed by atoms with van der Waals surface area (Å²) in [6, 6.07) is 0. The average Bonchev–Trinajstić information content (AvgIpc) is 2.35. The molecule has 0 aliphatic heterocycles. The highest BCUT2D eigenvalue weighted by molar-refractivity contribution is 5.44. The van der Waals surface area contributed by atoms with Gasteiger partial charge >= 0.3 is 0 Å². The van der Waals surface area contributed by atoms with E-state index in [1.54, 1.807) is 6.33 Å². The molecule has 11 heavy (non-hydrogen) atoms. The minimum Gasteiger partial charge on any atom is -0.345 e. The van der Waals surface area contributed by atoms with Gasteiger partial charge in [-0.15, -0.1) is 0 Å². The summed E-state index contributed by atoms with van der Waals surface area (Å²) in [5.74, 6) is 0. The lowest BCUT2D eigenvalue weighted by Gasteiger charge is -1.80. The minimum absolute atomic E-state index is 0.991. The first-order valence-corrected chi connectivity index (χ1v) is 3.51. The van der Waals surface area contributed by atoms with Crippen LogP contribution in [0.25, 0.3) is 12.2 Å². The Morgan fingerprint density at radius 3 is 2.73 bits per heavy atom. The minimum atomic E-state index is 0.991. The Bertz CT molecular complexity index is 369. The fourth-order valence-corrected chi connectivity index (χ4v) is 1.01. The molecule has 54 valence electrons. The summed E-state index contributed by atoms with van der Waals surface area (Å²) in [4.78, 5) is 7.17. The Balaban J connectivity index is 2.80. The Kier molecular flexibility index (Phi) is 1.44. The van der Waals surface area contributed by atoms with Crippen molar-refractivity contribution in [2.75, 3.05) is 0 Å². The second-order valence-electron chi connectivity index (χ2n) is 2.30. The van der Waals surface area contributed by atoms with E-state index in [0.717, 1.165) is 10.7 Å². The molecule has 0 spiro atoms. The maximum absolute atomic E-state index is 4.13. The molecule has 1 aliphatic carbocycles. The van der Waals surface area contributed by atoms with Crippen LogP contribution in [0.1, 0.15) is 0 Å². The van der Waals surface area contributed by atoms with Crippen LogP contribution in [0, 0.1) is 0 Å². The standard InChI is InChI=1S/C9H8N2/c1-2-4-6-9-8(5-3-1)10-7-11-9/h1-7H,(H,10,11)/b2-1?,3-1-,4-2+,5-3?,6-4?,8-5+,9-6-. The Labute approximate surface area is 64.3 Å². The predicted molar refractivity (Wildman–Crippen MR) is 45.0 cm³/mol. The largest absolute Gasteiger partial charge is 0.345 e. The molecule has 1 N–H and O–H groups in total. The maximum Gasteiger partial charge on any atom is 0.0931 e. The first-order chi connectivity index (χ1) is 5.47. The molecule has 1 heterocycles. The molecule has 0 unspecified atom stereocenters. The van der Waals surface area contributed by atoms with Crippen molar-refractivity contribution in [2.45, 2.75) is 0 Å². The van der Waals surface area contributed by atoms with E-state index in [9.17, 15) is 0 Å². The molecule has 2 rings (SSSR count). The van der Waals surface area contributed by atoms with Crippen LogP contribution in [0.5, 0.6) is 0 Å². The number of aromatic amines is 1. The number of H-pyrrole nitrogens is 1. The highest BCUT2D eigenvalue weighted by atomic mass is 14.8. The number of nitrogens with one attached hydrogen (secondary N) is 1. The summed E-state index contributed by atoms with van der Waals surface area (Å²) in [6.07, 6.45) is 13.6. The van der Waals surface area contributed by atoms with Crippen molar-refractivity contribution in [3.05, 3.63) is 41.3 Å². The molecule has 0 aromatic carbocycles. The van der Waals surface area contributed by atoms with Gasteiger partial charge in [0.05, 0.1) is 17.0 Å². The van der Waals surface area contributed by atoms with Crippen LogP contribution in [0.2, 0.25) is 0 Å². The van der Waals surface area contributed by atoms with Crippen LogP contribution >= 0.6 is 0 Å². The van der Waals surface area contributed by atoms with E-state index in [1.165, 1.54) is 0 Å². The lowest BCUT2D eigenvalue weighted by Crippen LogP contribution is -2.23. The van der Waals surface area contributed by atoms with Crippen molar-refractivity contribution >= 4 is 12.2 Å². The molecule has 1 aromatic heterocycles. The molecule has 0 radical (unpaired) electrons. The molecule has 0 fully saturated rings. The van der Waals surface area contributed by atoms with Gasteiger partial charge in [-0.1, -0.05) is 24.3 Å². The van der Waals surface area contributed by atoms with E-state index in [2.05, 4.69) is 9.97 Å². The number of nitrogens with zero attached hydrogens (tertiary/aromatic N) is 1. The fourth-order valence-electron chi connectivity index (χ4n) is 1.01. The van der Waals surface area contributed by atoms with Crippen molar-refractivity contribution in [2.24, 2.45) is 0 Å². The maximum atomic E-state index is 4.13. The molecule has 2 nitrogen and oxygen atoms in total. The van der Waals surface area contributed by atoms with Crippen LogP contribution in [0.15, 0.2) is 30.6 Å². The number of imidazole rings is 1. The van der Waals surface area contributed by atoms with Crippen LogP contribution in [0.3, 0.4) is 0 Å². The van der Waals surface area contributed by atoms with Crippen LogP contribution in [-0.4, -0.2) is 9.97 Å². The SMILES string of the molecule is C1=C\C=c2\[nH]cn\c2=C/C=C/1. The highest BCUT2D eigenvalue weighted by Gasteiger charge is 1.84. The smallest absolute Gasteiger partial charge is 0.0931 e. The monoisotopic (exact) mass is 144 g/mol. The van der Waals surface area contributed by atoms with Gasteiger partial charge in [-0.25, -0.2) is 4.98 Å². The summed E-state index contributed by atoms with van der Waals surface area (Å²) in [7, 11) is 0. The van der Waals surface area contributed by atoms with Gasteiger partial charge in [0.2, 0.25) is 0 Å². The van der Waals surface area contributed by atoms with E-state index in [0.29, 0.717) is 0 Å². The van der Waals surface area contributed by atoms with Crippen molar-refractivity contribution in [1.82, 2.24) is 9.97 Å². The van der Waals surface area contributed by atoms with Crippen molar-refractivity contribution < 1.29 is 0 Å². The number of fused-ring (bicyclic) bond motifs is 1. The van der Waals surface area contributed by atoms with Gasteiger partial charge in [0, 0.05) is 0 Å².